The van der Waals surface area contributed by atoms with Crippen molar-refractivity contribution in [2.75, 3.05) is 20.3 Å². The van der Waals surface area contributed by atoms with Gasteiger partial charge in [-0.15, -0.1) is 0 Å². The van der Waals surface area contributed by atoms with Crippen LogP contribution in [0.1, 0.15) is 5.56 Å². The summed E-state index contributed by atoms with van der Waals surface area (Å²) in [6.07, 6.45) is 1.45. The third kappa shape index (κ3) is 6.52. The molecule has 0 aliphatic rings. The number of hydrogen-bond donors (Lipinski definition) is 2. The van der Waals surface area contributed by atoms with Gasteiger partial charge in [0.05, 0.1) is 13.3 Å². The SMILES string of the molecule is COc1ccc(OCC(=O)NN=Cc2ccc(OCC(=O)O)cc2)cc1. The zero-order valence-corrected chi connectivity index (χ0v) is 14.0. The minimum Gasteiger partial charge on any atom is -0.497 e. The molecule has 136 valence electrons. The van der Waals surface area contributed by atoms with Gasteiger partial charge < -0.3 is 19.3 Å². The average molecular weight is 358 g/mol. The molecule has 26 heavy (non-hydrogen) atoms. The lowest BCUT2D eigenvalue weighted by Crippen LogP contribution is -2.24. The first-order valence-corrected chi connectivity index (χ1v) is 7.60. The molecule has 0 unspecified atom stereocenters. The van der Waals surface area contributed by atoms with Gasteiger partial charge in [-0.2, -0.15) is 5.10 Å². The Hall–Kier alpha value is -3.55. The maximum absolute atomic E-state index is 11.7. The molecule has 1 amide bonds. The van der Waals surface area contributed by atoms with E-state index in [1.54, 1.807) is 55.6 Å². The lowest BCUT2D eigenvalue weighted by atomic mass is 10.2. The number of hydrogen-bond acceptors (Lipinski definition) is 6. The Bertz CT molecular complexity index is 756. The molecule has 0 atom stereocenters. The highest BCUT2D eigenvalue weighted by Gasteiger charge is 2.02. The van der Waals surface area contributed by atoms with Gasteiger partial charge >= 0.3 is 5.97 Å². The number of nitrogens with zero attached hydrogens (tertiary/aromatic N) is 1. The summed E-state index contributed by atoms with van der Waals surface area (Å²) >= 11 is 0. The first-order chi connectivity index (χ1) is 12.6. The summed E-state index contributed by atoms with van der Waals surface area (Å²) in [5.74, 6) is 0.225. The molecule has 8 heteroatoms. The molecule has 0 heterocycles. The van der Waals surface area contributed by atoms with Crippen molar-refractivity contribution in [3.8, 4) is 17.2 Å². The van der Waals surface area contributed by atoms with Crippen molar-refractivity contribution in [3.63, 3.8) is 0 Å². The van der Waals surface area contributed by atoms with E-state index in [0.29, 0.717) is 22.8 Å². The third-order valence-corrected chi connectivity index (χ3v) is 3.07. The monoisotopic (exact) mass is 358 g/mol. The molecule has 0 bridgehead atoms. The van der Waals surface area contributed by atoms with Crippen molar-refractivity contribution in [1.29, 1.82) is 0 Å². The first kappa shape index (κ1) is 18.8. The van der Waals surface area contributed by atoms with Crippen LogP contribution in [0.5, 0.6) is 17.2 Å². The van der Waals surface area contributed by atoms with Crippen LogP contribution < -0.4 is 19.6 Å². The highest BCUT2D eigenvalue weighted by Crippen LogP contribution is 2.16. The fraction of sp³-hybridized carbons (Fsp3) is 0.167. The fourth-order valence-electron chi connectivity index (χ4n) is 1.83. The highest BCUT2D eigenvalue weighted by atomic mass is 16.5. The van der Waals surface area contributed by atoms with Gasteiger partial charge in [-0.1, -0.05) is 0 Å². The van der Waals surface area contributed by atoms with Crippen molar-refractivity contribution in [2.45, 2.75) is 0 Å². The number of amides is 1. The Labute approximate surface area is 150 Å². The van der Waals surface area contributed by atoms with Crippen molar-refractivity contribution in [3.05, 3.63) is 54.1 Å². The van der Waals surface area contributed by atoms with Gasteiger partial charge in [0.25, 0.3) is 5.91 Å². The fourth-order valence-corrected chi connectivity index (χ4v) is 1.83. The van der Waals surface area contributed by atoms with Gasteiger partial charge in [-0.25, -0.2) is 10.2 Å². The molecule has 0 fully saturated rings. The number of nitrogens with one attached hydrogen (secondary N) is 1. The Balaban J connectivity index is 1.74. The summed E-state index contributed by atoms with van der Waals surface area (Å²) in [5, 5.41) is 12.4. The predicted octanol–water partition coefficient (Wildman–Crippen LogP) is 1.69. The Kier molecular flexibility index (Phi) is 6.99. The van der Waals surface area contributed by atoms with Crippen LogP contribution in [0.3, 0.4) is 0 Å². The van der Waals surface area contributed by atoms with E-state index in [-0.39, 0.29) is 6.61 Å². The van der Waals surface area contributed by atoms with Gasteiger partial charge in [-0.3, -0.25) is 4.79 Å². The maximum atomic E-state index is 11.7. The van der Waals surface area contributed by atoms with Crippen molar-refractivity contribution in [2.24, 2.45) is 5.10 Å². The normalized spacial score (nSPS) is 10.3. The van der Waals surface area contributed by atoms with E-state index in [2.05, 4.69) is 10.5 Å². The van der Waals surface area contributed by atoms with E-state index in [9.17, 15) is 9.59 Å². The Morgan fingerprint density at radius 3 is 2.08 bits per heavy atom. The second-order valence-electron chi connectivity index (χ2n) is 5.01. The number of carboxylic acids is 1. The quantitative estimate of drug-likeness (QED) is 0.522. The van der Waals surface area contributed by atoms with E-state index < -0.39 is 18.5 Å². The molecule has 0 saturated carbocycles. The van der Waals surface area contributed by atoms with Gasteiger partial charge in [0.2, 0.25) is 0 Å². The minimum absolute atomic E-state index is 0.175. The number of carbonyl (C=O) groups is 2. The molecular formula is C18H18N2O6. The summed E-state index contributed by atoms with van der Waals surface area (Å²) in [5.41, 5.74) is 3.06. The molecule has 0 saturated heterocycles. The zero-order chi connectivity index (χ0) is 18.8. The average Bonchev–Trinajstić information content (AvgIpc) is 2.66. The minimum atomic E-state index is -1.05. The molecule has 8 nitrogen and oxygen atoms in total. The second-order valence-corrected chi connectivity index (χ2v) is 5.01. The topological polar surface area (TPSA) is 106 Å². The summed E-state index contributed by atoms with van der Waals surface area (Å²) in [4.78, 5) is 22.1. The van der Waals surface area contributed by atoms with Crippen LogP contribution >= 0.6 is 0 Å². The maximum Gasteiger partial charge on any atom is 0.341 e. The number of rotatable bonds is 9. The highest BCUT2D eigenvalue weighted by molar-refractivity contribution is 5.83. The summed E-state index contributed by atoms with van der Waals surface area (Å²) in [6.45, 7) is -0.580. The molecule has 0 aliphatic carbocycles. The number of ether oxygens (including phenoxy) is 3. The van der Waals surface area contributed by atoms with Crippen molar-refractivity contribution in [1.82, 2.24) is 5.43 Å². The lowest BCUT2D eigenvalue weighted by molar-refractivity contribution is -0.139. The van der Waals surface area contributed by atoms with Gasteiger partial charge in [-0.05, 0) is 54.1 Å². The van der Waals surface area contributed by atoms with E-state index in [4.69, 9.17) is 19.3 Å². The zero-order valence-electron chi connectivity index (χ0n) is 14.0. The molecule has 2 rings (SSSR count). The summed E-state index contributed by atoms with van der Waals surface area (Å²) < 4.78 is 15.4. The van der Waals surface area contributed by atoms with Crippen LogP contribution in [-0.4, -0.2) is 43.5 Å². The van der Waals surface area contributed by atoms with Gasteiger partial charge in [0.1, 0.15) is 17.2 Å². The van der Waals surface area contributed by atoms with Crippen LogP contribution in [-0.2, 0) is 9.59 Å². The standard InChI is InChI=1S/C18H18N2O6/c1-24-14-6-8-16(9-7-14)25-11-17(21)20-19-10-13-2-4-15(5-3-13)26-12-18(22)23/h2-10H,11-12H2,1H3,(H,20,21)(H,22,23). The van der Waals surface area contributed by atoms with E-state index in [0.717, 1.165) is 0 Å². The smallest absolute Gasteiger partial charge is 0.341 e. The van der Waals surface area contributed by atoms with Crippen LogP contribution in [0.4, 0.5) is 0 Å². The number of carbonyl (C=O) groups excluding carboxylic acids is 1. The number of aliphatic carboxylic acids is 1. The van der Waals surface area contributed by atoms with Crippen LogP contribution in [0, 0.1) is 0 Å². The van der Waals surface area contributed by atoms with Crippen LogP contribution in [0.25, 0.3) is 0 Å². The molecule has 0 aliphatic heterocycles. The van der Waals surface area contributed by atoms with Crippen LogP contribution in [0.15, 0.2) is 53.6 Å². The molecule has 0 spiro atoms. The third-order valence-electron chi connectivity index (χ3n) is 3.07. The van der Waals surface area contributed by atoms with Gasteiger partial charge in [0, 0.05) is 0 Å². The number of hydrazone groups is 1. The number of methoxy groups -OCH3 is 1. The van der Waals surface area contributed by atoms with Crippen molar-refractivity contribution < 1.29 is 28.9 Å². The molecular weight excluding hydrogens is 340 g/mol. The Morgan fingerprint density at radius 2 is 1.50 bits per heavy atom. The summed E-state index contributed by atoms with van der Waals surface area (Å²) in [7, 11) is 1.57. The van der Waals surface area contributed by atoms with Gasteiger partial charge in [0.15, 0.2) is 13.2 Å². The molecule has 0 radical (unpaired) electrons. The molecule has 2 N–H and O–H groups in total. The van der Waals surface area contributed by atoms with E-state index >= 15 is 0 Å². The number of benzene rings is 2. The molecule has 2 aromatic rings. The van der Waals surface area contributed by atoms with Crippen molar-refractivity contribution >= 4 is 18.1 Å². The Morgan fingerprint density at radius 1 is 0.962 bits per heavy atom. The molecule has 0 aromatic heterocycles. The number of carboxylic acid groups (broad SMARTS) is 1. The van der Waals surface area contributed by atoms with E-state index in [1.807, 2.05) is 0 Å². The van der Waals surface area contributed by atoms with E-state index in [1.165, 1.54) is 6.21 Å². The first-order valence-electron chi connectivity index (χ1n) is 7.60. The largest absolute Gasteiger partial charge is 0.497 e. The summed E-state index contributed by atoms with van der Waals surface area (Å²) in [6, 6.07) is 13.4. The van der Waals surface area contributed by atoms with Crippen LogP contribution in [0.2, 0.25) is 0 Å². The lowest BCUT2D eigenvalue weighted by Gasteiger charge is -2.06. The second kappa shape index (κ2) is 9.67. The molecule has 2 aromatic carbocycles. The predicted molar refractivity (Wildman–Crippen MR) is 93.8 cm³/mol.